The number of pyridine rings is 5. The standard InChI is InChI=1S/C11H13N.C11H12O.4C10H11NO/c1-8(2)10-6-9-4-3-5-12-11(9)7-10;1-8(2)11-7-9-5-3-4-6-10(9)12-11;1-7(2)10-5-8-6-11-4-3-9(8)12-10;1-7(2)9-5-8-3-4-11-6-10(8)12-9;1-7(2)10-6-8-9(12-10)4-3-5-11-8;1-7(2)9-6-8-4-3-5-11-10(8)12-9/h3-5,7-8H,6H2,1-2H3;3-8H,1-2H3;4*3-7H,1-2H3. The fourth-order valence-corrected chi connectivity index (χ4v) is 7.56. The molecule has 72 heavy (non-hydrogen) atoms. The van der Waals surface area contributed by atoms with Crippen LogP contribution in [0.4, 0.5) is 0 Å². The Hall–Kier alpha value is -7.59. The van der Waals surface area contributed by atoms with Crippen molar-refractivity contribution >= 4 is 61.2 Å². The smallest absolute Gasteiger partial charge is 0.226 e. The maximum Gasteiger partial charge on any atom is 0.226 e. The summed E-state index contributed by atoms with van der Waals surface area (Å²) in [6.07, 6.45) is 15.8. The molecule has 0 fully saturated rings. The summed E-state index contributed by atoms with van der Waals surface area (Å²) in [5.41, 5.74) is 9.39. The molecule has 11 aromatic rings. The van der Waals surface area contributed by atoms with Gasteiger partial charge in [0.15, 0.2) is 11.2 Å². The highest BCUT2D eigenvalue weighted by Gasteiger charge is 2.15. The average molecular weight is 964 g/mol. The Balaban J connectivity index is 0.000000127. The maximum atomic E-state index is 5.63. The second-order valence-electron chi connectivity index (χ2n) is 19.8. The van der Waals surface area contributed by atoms with Gasteiger partial charge in [-0.05, 0) is 96.8 Å². The van der Waals surface area contributed by atoms with Crippen LogP contribution in [0.15, 0.2) is 174 Å². The molecule has 10 aromatic heterocycles. The van der Waals surface area contributed by atoms with E-state index in [0.717, 1.165) is 84.9 Å². The van der Waals surface area contributed by atoms with Gasteiger partial charge in [0.2, 0.25) is 5.71 Å². The second kappa shape index (κ2) is 24.5. The molecule has 1 aliphatic rings. The molecule has 0 radical (unpaired) electrons. The fraction of sp³-hybridized carbons (Fsp3) is 0.306. The molecule has 0 aliphatic heterocycles. The molecule has 10 nitrogen and oxygen atoms in total. The summed E-state index contributed by atoms with van der Waals surface area (Å²) < 4.78 is 27.9. The quantitative estimate of drug-likeness (QED) is 0.159. The van der Waals surface area contributed by atoms with Gasteiger partial charge in [0.05, 0.1) is 11.9 Å². The molecular formula is C62H69N5O5. The summed E-state index contributed by atoms with van der Waals surface area (Å²) >= 11 is 0. The predicted octanol–water partition coefficient (Wildman–Crippen LogP) is 18.0. The van der Waals surface area contributed by atoms with E-state index in [4.69, 9.17) is 22.1 Å². The minimum Gasteiger partial charge on any atom is -0.461 e. The molecule has 0 atom stereocenters. The van der Waals surface area contributed by atoms with E-state index in [1.165, 1.54) is 22.2 Å². The Morgan fingerprint density at radius 2 is 0.861 bits per heavy atom. The Bertz CT molecular complexity index is 2830. The Morgan fingerprint density at radius 1 is 0.375 bits per heavy atom. The third kappa shape index (κ3) is 13.8. The van der Waals surface area contributed by atoms with E-state index in [2.05, 4.69) is 138 Å². The van der Waals surface area contributed by atoms with Crippen molar-refractivity contribution in [2.24, 2.45) is 5.92 Å². The van der Waals surface area contributed by atoms with Crippen LogP contribution < -0.4 is 0 Å². The molecule has 372 valence electrons. The van der Waals surface area contributed by atoms with Crippen molar-refractivity contribution in [1.29, 1.82) is 0 Å². The highest BCUT2D eigenvalue weighted by Crippen LogP contribution is 2.29. The molecule has 10 heteroatoms. The third-order valence-corrected chi connectivity index (χ3v) is 12.0. The molecule has 0 N–H and O–H groups in total. The summed E-state index contributed by atoms with van der Waals surface area (Å²) in [6.45, 7) is 25.6. The molecule has 1 aliphatic carbocycles. The van der Waals surface area contributed by atoms with Crippen LogP contribution >= 0.6 is 0 Å². The van der Waals surface area contributed by atoms with Gasteiger partial charge in [-0.1, -0.05) is 113 Å². The van der Waals surface area contributed by atoms with E-state index < -0.39 is 0 Å². The van der Waals surface area contributed by atoms with Crippen molar-refractivity contribution in [1.82, 2.24) is 24.9 Å². The number of allylic oxidation sites excluding steroid dienone is 1. The van der Waals surface area contributed by atoms with E-state index in [-0.39, 0.29) is 0 Å². The van der Waals surface area contributed by atoms with E-state index >= 15 is 0 Å². The highest BCUT2D eigenvalue weighted by molar-refractivity contribution is 5.79. The maximum absolute atomic E-state index is 5.63. The molecule has 10 heterocycles. The minimum absolute atomic E-state index is 0.430. The van der Waals surface area contributed by atoms with Crippen LogP contribution in [0.25, 0.3) is 61.2 Å². The molecule has 12 rings (SSSR count). The lowest BCUT2D eigenvalue weighted by molar-refractivity contribution is 0.514. The Morgan fingerprint density at radius 3 is 1.47 bits per heavy atom. The number of hydrogen-bond acceptors (Lipinski definition) is 10. The van der Waals surface area contributed by atoms with Crippen molar-refractivity contribution < 1.29 is 22.1 Å². The lowest BCUT2D eigenvalue weighted by Crippen LogP contribution is -1.92. The summed E-state index contributed by atoms with van der Waals surface area (Å²) in [6, 6.07) is 34.2. The lowest BCUT2D eigenvalue weighted by Gasteiger charge is -2.03. The van der Waals surface area contributed by atoms with Gasteiger partial charge in [-0.2, -0.15) is 0 Å². The van der Waals surface area contributed by atoms with Gasteiger partial charge in [0, 0.05) is 94.4 Å². The second-order valence-corrected chi connectivity index (χ2v) is 19.8. The van der Waals surface area contributed by atoms with Crippen molar-refractivity contribution in [3.05, 3.63) is 192 Å². The predicted molar refractivity (Wildman–Crippen MR) is 293 cm³/mol. The molecule has 0 spiro atoms. The zero-order chi connectivity index (χ0) is 51.3. The third-order valence-electron chi connectivity index (χ3n) is 12.0. The molecular weight excluding hydrogens is 895 g/mol. The first-order valence-corrected chi connectivity index (χ1v) is 25.1. The van der Waals surface area contributed by atoms with Gasteiger partial charge < -0.3 is 22.1 Å². The van der Waals surface area contributed by atoms with E-state index in [1.54, 1.807) is 31.0 Å². The van der Waals surface area contributed by atoms with Gasteiger partial charge in [0.1, 0.15) is 45.5 Å². The highest BCUT2D eigenvalue weighted by atomic mass is 16.4. The zero-order valence-electron chi connectivity index (χ0n) is 43.9. The van der Waals surface area contributed by atoms with Crippen LogP contribution in [0, 0.1) is 5.92 Å². The van der Waals surface area contributed by atoms with Crippen LogP contribution in [0.2, 0.25) is 0 Å². The van der Waals surface area contributed by atoms with Crippen LogP contribution in [-0.2, 0) is 6.42 Å². The fourth-order valence-electron chi connectivity index (χ4n) is 7.56. The summed E-state index contributed by atoms with van der Waals surface area (Å²) in [5.74, 6) is 7.99. The molecule has 0 bridgehead atoms. The average Bonchev–Trinajstić information content (AvgIpc) is 4.24. The van der Waals surface area contributed by atoms with Crippen molar-refractivity contribution in [2.45, 2.75) is 119 Å². The summed E-state index contributed by atoms with van der Waals surface area (Å²) in [5, 5.41) is 4.50. The van der Waals surface area contributed by atoms with E-state index in [9.17, 15) is 0 Å². The van der Waals surface area contributed by atoms with Crippen LogP contribution in [0.3, 0.4) is 0 Å². The van der Waals surface area contributed by atoms with Crippen molar-refractivity contribution in [3.63, 3.8) is 0 Å². The number of aromatic nitrogens is 5. The molecule has 0 amide bonds. The first-order valence-electron chi connectivity index (χ1n) is 25.1. The number of para-hydroxylation sites is 1. The summed E-state index contributed by atoms with van der Waals surface area (Å²) in [4.78, 5) is 20.6. The van der Waals surface area contributed by atoms with Gasteiger partial charge in [0.25, 0.3) is 0 Å². The molecule has 1 aromatic carbocycles. The monoisotopic (exact) mass is 964 g/mol. The van der Waals surface area contributed by atoms with Crippen molar-refractivity contribution in [2.75, 3.05) is 0 Å². The Kier molecular flexibility index (Phi) is 17.8. The Labute approximate surface area is 423 Å². The van der Waals surface area contributed by atoms with E-state index in [1.807, 2.05) is 91.3 Å². The SMILES string of the molecule is CC(C)C1=Cc2ncccc2C1.CC(C)c1cc2ccccc2o1.CC(C)c1cc2cccnc2o1.CC(C)c1cc2ccncc2o1.CC(C)c1cc2cnccc2o1.CC(C)c1cc2ncccc2o1. The van der Waals surface area contributed by atoms with Crippen LogP contribution in [0.5, 0.6) is 0 Å². The van der Waals surface area contributed by atoms with E-state index in [0.29, 0.717) is 35.5 Å². The van der Waals surface area contributed by atoms with Crippen molar-refractivity contribution in [3.8, 4) is 0 Å². The summed E-state index contributed by atoms with van der Waals surface area (Å²) in [7, 11) is 0. The van der Waals surface area contributed by atoms with Crippen LogP contribution in [-0.4, -0.2) is 24.9 Å². The van der Waals surface area contributed by atoms with Gasteiger partial charge >= 0.3 is 0 Å². The first-order chi connectivity index (χ1) is 34.6. The zero-order valence-corrected chi connectivity index (χ0v) is 43.9. The van der Waals surface area contributed by atoms with Crippen LogP contribution in [0.1, 0.15) is 153 Å². The lowest BCUT2D eigenvalue weighted by atomic mass is 10.0. The number of fused-ring (bicyclic) bond motifs is 6. The first kappa shape index (κ1) is 52.2. The largest absolute Gasteiger partial charge is 0.461 e. The topological polar surface area (TPSA) is 130 Å². The van der Waals surface area contributed by atoms with Gasteiger partial charge in [-0.25, -0.2) is 4.98 Å². The number of furan rings is 5. The minimum atomic E-state index is 0.430. The number of hydrogen-bond donors (Lipinski definition) is 0. The number of nitrogens with zero attached hydrogens (tertiary/aromatic N) is 5. The number of rotatable bonds is 6. The molecule has 0 saturated carbocycles. The van der Waals surface area contributed by atoms with Gasteiger partial charge in [-0.15, -0.1) is 0 Å². The normalized spacial score (nSPS) is 11.8. The van der Waals surface area contributed by atoms with Gasteiger partial charge in [-0.3, -0.25) is 19.9 Å². The molecule has 0 unspecified atom stereocenters. The molecule has 0 saturated heterocycles. The number of benzene rings is 1.